The Morgan fingerprint density at radius 2 is 1.95 bits per heavy atom. The largest absolute Gasteiger partial charge is 0.491 e. The van der Waals surface area contributed by atoms with Crippen LogP contribution in [0.3, 0.4) is 0 Å². The van der Waals surface area contributed by atoms with Gasteiger partial charge in [-0.2, -0.15) is 0 Å². The first-order valence-electron chi connectivity index (χ1n) is 13.6. The number of fused-ring (bicyclic) bond motifs is 2. The van der Waals surface area contributed by atoms with Crippen LogP contribution in [0.1, 0.15) is 23.2 Å². The first-order valence-corrected chi connectivity index (χ1v) is 13.6. The summed E-state index contributed by atoms with van der Waals surface area (Å²) in [5.74, 6) is 1.15. The lowest BCUT2D eigenvalue weighted by atomic mass is 10.0. The van der Waals surface area contributed by atoms with Crippen LogP contribution in [0.25, 0.3) is 21.9 Å². The molecule has 41 heavy (non-hydrogen) atoms. The molecule has 2 saturated heterocycles. The number of carbonyl (C=O) groups excluding carboxylic acids is 2. The highest BCUT2D eigenvalue weighted by Crippen LogP contribution is 2.36. The number of piperazine rings is 1. The first-order chi connectivity index (χ1) is 20.0. The zero-order valence-electron chi connectivity index (χ0n) is 22.3. The van der Waals surface area contributed by atoms with E-state index in [9.17, 15) is 14.4 Å². The minimum Gasteiger partial charge on any atom is -0.491 e. The normalized spacial score (nSPS) is 17.3. The van der Waals surface area contributed by atoms with Crippen molar-refractivity contribution in [1.29, 1.82) is 0 Å². The lowest BCUT2D eigenvalue weighted by Gasteiger charge is -2.37. The average molecular weight is 559 g/mol. The predicted molar refractivity (Wildman–Crippen MR) is 152 cm³/mol. The Balaban J connectivity index is 1.21. The van der Waals surface area contributed by atoms with Gasteiger partial charge in [0.25, 0.3) is 0 Å². The molecule has 6 rings (SSSR count). The number of nitrogens with one attached hydrogen (secondary N) is 2. The monoisotopic (exact) mass is 558 g/mol. The van der Waals surface area contributed by atoms with Crippen LogP contribution >= 0.6 is 0 Å². The molecule has 0 radical (unpaired) electrons. The fourth-order valence-corrected chi connectivity index (χ4v) is 5.77. The van der Waals surface area contributed by atoms with E-state index in [1.165, 1.54) is 6.33 Å². The van der Waals surface area contributed by atoms with Gasteiger partial charge in [0.2, 0.25) is 5.91 Å². The molecule has 2 aliphatic heterocycles. The number of amides is 2. The molecule has 2 fully saturated rings. The van der Waals surface area contributed by atoms with Gasteiger partial charge in [-0.3, -0.25) is 9.59 Å². The zero-order valence-corrected chi connectivity index (χ0v) is 22.3. The quantitative estimate of drug-likeness (QED) is 0.274. The second-order valence-electron chi connectivity index (χ2n) is 10.1. The van der Waals surface area contributed by atoms with E-state index in [0.29, 0.717) is 49.7 Å². The van der Waals surface area contributed by atoms with Crippen molar-refractivity contribution in [2.75, 3.05) is 55.7 Å². The Bertz CT molecular complexity index is 1600. The number of carboxylic acid groups (broad SMARTS) is 1. The Hall–Kier alpha value is -4.94. The van der Waals surface area contributed by atoms with Crippen LogP contribution in [-0.4, -0.2) is 100 Å². The van der Waals surface area contributed by atoms with Gasteiger partial charge in [0.05, 0.1) is 12.4 Å². The number of aromatic amines is 1. The number of carbonyl (C=O) groups is 3. The van der Waals surface area contributed by atoms with Gasteiger partial charge in [0.1, 0.15) is 30.7 Å². The van der Waals surface area contributed by atoms with Gasteiger partial charge in [-0.05, 0) is 30.4 Å². The number of rotatable bonds is 8. The lowest BCUT2D eigenvalue weighted by Crippen LogP contribution is -2.51. The van der Waals surface area contributed by atoms with Crippen molar-refractivity contribution >= 4 is 51.7 Å². The van der Waals surface area contributed by atoms with E-state index in [0.717, 1.165) is 53.5 Å². The summed E-state index contributed by atoms with van der Waals surface area (Å²) in [7, 11) is 0. The molecule has 3 N–H and O–H groups in total. The van der Waals surface area contributed by atoms with Crippen molar-refractivity contribution in [3.05, 3.63) is 48.5 Å². The molecule has 0 unspecified atom stereocenters. The number of imidazole rings is 1. The van der Waals surface area contributed by atoms with E-state index in [4.69, 9.17) is 9.84 Å². The van der Waals surface area contributed by atoms with Gasteiger partial charge in [0.15, 0.2) is 17.8 Å². The predicted octanol–water partition coefficient (Wildman–Crippen LogP) is 2.28. The van der Waals surface area contributed by atoms with Gasteiger partial charge in [-0.15, -0.1) is 0 Å². The van der Waals surface area contributed by atoms with Crippen LogP contribution in [0.15, 0.2) is 43.0 Å². The van der Waals surface area contributed by atoms with Crippen molar-refractivity contribution in [3.63, 3.8) is 0 Å². The number of H-pyrrole nitrogens is 1. The molecule has 0 spiro atoms. The molecule has 2 aromatic heterocycles. The summed E-state index contributed by atoms with van der Waals surface area (Å²) in [4.78, 5) is 57.7. The average Bonchev–Trinajstić information content (AvgIpc) is 3.68. The smallest absolute Gasteiger partial charge is 0.405 e. The van der Waals surface area contributed by atoms with E-state index in [1.807, 2.05) is 30.3 Å². The second-order valence-corrected chi connectivity index (χ2v) is 10.1. The van der Waals surface area contributed by atoms with Gasteiger partial charge >= 0.3 is 6.09 Å². The van der Waals surface area contributed by atoms with Crippen molar-refractivity contribution in [1.82, 2.24) is 30.2 Å². The highest BCUT2D eigenvalue weighted by molar-refractivity contribution is 6.06. The molecule has 13 heteroatoms. The van der Waals surface area contributed by atoms with Gasteiger partial charge < -0.3 is 34.8 Å². The molecule has 2 amide bonds. The third-order valence-electron chi connectivity index (χ3n) is 7.78. The molecule has 4 aromatic rings. The van der Waals surface area contributed by atoms with E-state index >= 15 is 0 Å². The number of hydrogen-bond donors (Lipinski definition) is 3. The van der Waals surface area contributed by atoms with Crippen LogP contribution in [0.2, 0.25) is 0 Å². The summed E-state index contributed by atoms with van der Waals surface area (Å²) in [6.45, 7) is 2.90. The minimum atomic E-state index is -1.23. The number of nitrogens with zero attached hydrogens (tertiary/aromatic N) is 6. The molecule has 2 aromatic carbocycles. The van der Waals surface area contributed by atoms with Crippen LogP contribution in [0.4, 0.5) is 16.3 Å². The number of aldehydes is 1. The molecule has 212 valence electrons. The molecule has 0 aliphatic carbocycles. The molecule has 0 bridgehead atoms. The maximum absolute atomic E-state index is 12.5. The number of aromatic nitrogens is 4. The molecule has 4 heterocycles. The maximum atomic E-state index is 12.5. The number of hydrogen-bond acceptors (Lipinski definition) is 9. The summed E-state index contributed by atoms with van der Waals surface area (Å²) >= 11 is 0. The summed E-state index contributed by atoms with van der Waals surface area (Å²) in [5, 5.41) is 12.5. The van der Waals surface area contributed by atoms with Crippen LogP contribution in [0, 0.1) is 0 Å². The Morgan fingerprint density at radius 1 is 1.10 bits per heavy atom. The Morgan fingerprint density at radius 3 is 2.76 bits per heavy atom. The van der Waals surface area contributed by atoms with E-state index in [-0.39, 0.29) is 18.5 Å². The molecule has 1 atom stereocenters. The molecule has 13 nitrogen and oxygen atoms in total. The molecular weight excluding hydrogens is 528 g/mol. The third kappa shape index (κ3) is 5.17. The van der Waals surface area contributed by atoms with E-state index in [1.54, 1.807) is 11.2 Å². The van der Waals surface area contributed by atoms with Crippen molar-refractivity contribution in [2.24, 2.45) is 0 Å². The lowest BCUT2D eigenvalue weighted by molar-refractivity contribution is -0.130. The SMILES string of the molecule is O=Cc1c(N2CCN(C(=O)CNC(=O)O)CC2)ccc2cccc(OC[C@H]3CCCN3c3ncnc4[nH]cnc34)c12. The second kappa shape index (κ2) is 11.3. The number of benzene rings is 2. The van der Waals surface area contributed by atoms with Crippen LogP contribution < -0.4 is 19.9 Å². The minimum absolute atomic E-state index is 0.0872. The van der Waals surface area contributed by atoms with Gasteiger partial charge in [-0.25, -0.2) is 19.7 Å². The molecular formula is C28H30N8O5. The van der Waals surface area contributed by atoms with Crippen molar-refractivity contribution in [3.8, 4) is 5.75 Å². The van der Waals surface area contributed by atoms with Crippen LogP contribution in [0.5, 0.6) is 5.75 Å². The fraction of sp³-hybridized carbons (Fsp3) is 0.357. The van der Waals surface area contributed by atoms with E-state index in [2.05, 4.69) is 35.1 Å². The van der Waals surface area contributed by atoms with Crippen LogP contribution in [-0.2, 0) is 4.79 Å². The fourth-order valence-electron chi connectivity index (χ4n) is 5.77. The zero-order chi connectivity index (χ0) is 28.3. The maximum Gasteiger partial charge on any atom is 0.405 e. The highest BCUT2D eigenvalue weighted by atomic mass is 16.5. The molecule has 0 saturated carbocycles. The standard InChI is InChI=1S/C28H30N8O5/c37-14-20-21(34-9-11-35(12-10-34)23(38)13-29-28(39)40)7-6-18-3-1-5-22(24(18)20)41-15-19-4-2-8-36(19)27-25-26(31-16-30-25)32-17-33-27/h1,3,5-7,14,16-17,19,29H,2,4,8-13,15H2,(H,39,40)(H,30,31,32,33)/t19-/m1/s1. The Kier molecular flexibility index (Phi) is 7.23. The number of anilines is 2. The summed E-state index contributed by atoms with van der Waals surface area (Å²) in [6.07, 6.45) is 4.74. The summed E-state index contributed by atoms with van der Waals surface area (Å²) in [5.41, 5.74) is 2.75. The van der Waals surface area contributed by atoms with Crippen molar-refractivity contribution in [2.45, 2.75) is 18.9 Å². The third-order valence-corrected chi connectivity index (χ3v) is 7.78. The first kappa shape index (κ1) is 26.3. The topological polar surface area (TPSA) is 157 Å². The van der Waals surface area contributed by atoms with E-state index < -0.39 is 6.09 Å². The summed E-state index contributed by atoms with van der Waals surface area (Å²) < 4.78 is 6.43. The van der Waals surface area contributed by atoms with Gasteiger partial charge in [0, 0.05) is 49.4 Å². The van der Waals surface area contributed by atoms with Crippen molar-refractivity contribution < 1.29 is 24.2 Å². The summed E-state index contributed by atoms with van der Waals surface area (Å²) in [6, 6.07) is 9.77. The number of ether oxygens (including phenoxy) is 1. The highest BCUT2D eigenvalue weighted by Gasteiger charge is 2.29. The Labute approximate surface area is 235 Å². The molecule has 2 aliphatic rings. The van der Waals surface area contributed by atoms with Gasteiger partial charge in [-0.1, -0.05) is 18.2 Å².